The summed E-state index contributed by atoms with van der Waals surface area (Å²) >= 11 is 1.45. The Bertz CT molecular complexity index is 751. The number of thioether (sulfide) groups is 1. The van der Waals surface area contributed by atoms with Crippen LogP contribution in [0.1, 0.15) is 25.7 Å². The van der Waals surface area contributed by atoms with E-state index in [1.807, 2.05) is 4.68 Å². The van der Waals surface area contributed by atoms with Crippen molar-refractivity contribution in [3.63, 3.8) is 0 Å². The van der Waals surface area contributed by atoms with Crippen molar-refractivity contribution < 1.29 is 8.81 Å². The molecule has 22 heavy (non-hydrogen) atoms. The van der Waals surface area contributed by atoms with Crippen molar-refractivity contribution in [1.29, 1.82) is 0 Å². The molecule has 0 amide bonds. The predicted molar refractivity (Wildman–Crippen MR) is 81.9 cm³/mol. The lowest BCUT2D eigenvalue weighted by atomic mass is 10.2. The van der Waals surface area contributed by atoms with E-state index >= 15 is 0 Å². The van der Waals surface area contributed by atoms with Crippen LogP contribution in [0, 0.1) is 5.82 Å². The van der Waals surface area contributed by atoms with E-state index in [2.05, 4.69) is 28.9 Å². The average molecular weight is 318 g/mol. The number of hydrogen-bond donors (Lipinski definition) is 0. The molecule has 114 valence electrons. The van der Waals surface area contributed by atoms with Crippen molar-refractivity contribution in [3.05, 3.63) is 48.4 Å². The predicted octanol–water partition coefficient (Wildman–Crippen LogP) is 3.95. The van der Waals surface area contributed by atoms with Crippen molar-refractivity contribution in [2.45, 2.75) is 30.9 Å². The SMILES string of the molecule is CC(C)n1ncnc1CSc1ncc(-c2ccc(F)cc2)o1. The molecule has 3 aromatic rings. The van der Waals surface area contributed by atoms with Gasteiger partial charge < -0.3 is 4.42 Å². The molecule has 0 saturated heterocycles. The molecule has 2 heterocycles. The third kappa shape index (κ3) is 3.19. The van der Waals surface area contributed by atoms with Crippen LogP contribution in [0.2, 0.25) is 0 Å². The lowest BCUT2D eigenvalue weighted by Crippen LogP contribution is -2.07. The minimum absolute atomic E-state index is 0.262. The molecule has 0 aliphatic heterocycles. The molecule has 0 saturated carbocycles. The van der Waals surface area contributed by atoms with Crippen LogP contribution in [0.25, 0.3) is 11.3 Å². The molecule has 7 heteroatoms. The molecule has 0 N–H and O–H groups in total. The maximum absolute atomic E-state index is 12.9. The number of benzene rings is 1. The number of hydrogen-bond acceptors (Lipinski definition) is 5. The van der Waals surface area contributed by atoms with Gasteiger partial charge in [-0.05, 0) is 38.1 Å². The van der Waals surface area contributed by atoms with Crippen LogP contribution in [0.5, 0.6) is 0 Å². The molecular weight excluding hydrogens is 303 g/mol. The Labute approximate surface area is 131 Å². The zero-order valence-electron chi connectivity index (χ0n) is 12.2. The zero-order chi connectivity index (χ0) is 15.5. The maximum Gasteiger partial charge on any atom is 0.256 e. The van der Waals surface area contributed by atoms with Gasteiger partial charge >= 0.3 is 0 Å². The van der Waals surface area contributed by atoms with E-state index < -0.39 is 0 Å². The van der Waals surface area contributed by atoms with Gasteiger partial charge in [-0.25, -0.2) is 19.0 Å². The van der Waals surface area contributed by atoms with Gasteiger partial charge in [0, 0.05) is 11.6 Å². The Morgan fingerprint density at radius 1 is 1.23 bits per heavy atom. The van der Waals surface area contributed by atoms with Gasteiger partial charge in [0.25, 0.3) is 5.22 Å². The summed E-state index contributed by atoms with van der Waals surface area (Å²) in [5.41, 5.74) is 0.797. The Morgan fingerprint density at radius 2 is 2.00 bits per heavy atom. The van der Waals surface area contributed by atoms with E-state index in [-0.39, 0.29) is 11.9 Å². The highest BCUT2D eigenvalue weighted by molar-refractivity contribution is 7.98. The first-order valence-corrected chi connectivity index (χ1v) is 7.85. The second kappa shape index (κ2) is 6.31. The van der Waals surface area contributed by atoms with Gasteiger partial charge in [0.05, 0.1) is 11.9 Å². The van der Waals surface area contributed by atoms with E-state index in [0.29, 0.717) is 16.7 Å². The van der Waals surface area contributed by atoms with Crippen molar-refractivity contribution in [2.24, 2.45) is 0 Å². The van der Waals surface area contributed by atoms with Crippen LogP contribution in [0.3, 0.4) is 0 Å². The van der Waals surface area contributed by atoms with Gasteiger partial charge in [0.2, 0.25) is 0 Å². The number of oxazole rings is 1. The van der Waals surface area contributed by atoms with Crippen LogP contribution in [-0.4, -0.2) is 19.7 Å². The normalized spacial score (nSPS) is 11.3. The molecule has 0 aliphatic carbocycles. The molecule has 0 spiro atoms. The highest BCUT2D eigenvalue weighted by atomic mass is 32.2. The highest BCUT2D eigenvalue weighted by Gasteiger charge is 2.11. The Balaban J connectivity index is 1.69. The Hall–Kier alpha value is -2.15. The summed E-state index contributed by atoms with van der Waals surface area (Å²) in [6.45, 7) is 4.11. The molecule has 0 aliphatic rings. The number of halogens is 1. The first-order chi connectivity index (χ1) is 10.6. The number of aromatic nitrogens is 4. The van der Waals surface area contributed by atoms with E-state index in [9.17, 15) is 4.39 Å². The molecule has 5 nitrogen and oxygen atoms in total. The van der Waals surface area contributed by atoms with Crippen molar-refractivity contribution in [2.75, 3.05) is 0 Å². The monoisotopic (exact) mass is 318 g/mol. The van der Waals surface area contributed by atoms with Crippen molar-refractivity contribution >= 4 is 11.8 Å². The van der Waals surface area contributed by atoms with Crippen LogP contribution >= 0.6 is 11.8 Å². The maximum atomic E-state index is 12.9. The van der Waals surface area contributed by atoms with Gasteiger partial charge in [-0.2, -0.15) is 5.10 Å². The van der Waals surface area contributed by atoms with E-state index in [0.717, 1.165) is 11.4 Å². The fraction of sp³-hybridized carbons (Fsp3) is 0.267. The third-order valence-electron chi connectivity index (χ3n) is 3.07. The number of rotatable bonds is 5. The first-order valence-electron chi connectivity index (χ1n) is 6.86. The van der Waals surface area contributed by atoms with Gasteiger partial charge in [-0.1, -0.05) is 11.8 Å². The van der Waals surface area contributed by atoms with E-state index in [4.69, 9.17) is 4.42 Å². The summed E-state index contributed by atoms with van der Waals surface area (Å²) in [5, 5.41) is 4.75. The average Bonchev–Trinajstić information content (AvgIpc) is 3.15. The summed E-state index contributed by atoms with van der Waals surface area (Å²) in [7, 11) is 0. The van der Waals surface area contributed by atoms with Crippen LogP contribution in [0.4, 0.5) is 4.39 Å². The Morgan fingerprint density at radius 3 is 2.73 bits per heavy atom. The topological polar surface area (TPSA) is 56.7 Å². The van der Waals surface area contributed by atoms with Crippen molar-refractivity contribution in [1.82, 2.24) is 19.7 Å². The first kappa shape index (κ1) is 14.8. The molecular formula is C15H15FN4OS. The molecule has 1 aromatic carbocycles. The molecule has 0 fully saturated rings. The minimum atomic E-state index is -0.272. The van der Waals surface area contributed by atoms with Gasteiger partial charge in [-0.3, -0.25) is 0 Å². The standard InChI is InChI=1S/C15H15FN4OS/c1-10(2)20-14(18-9-19-20)8-22-15-17-7-13(21-15)11-3-5-12(16)6-4-11/h3-7,9-10H,8H2,1-2H3. The van der Waals surface area contributed by atoms with Crippen LogP contribution < -0.4 is 0 Å². The second-order valence-corrected chi connectivity index (χ2v) is 5.93. The smallest absolute Gasteiger partial charge is 0.256 e. The fourth-order valence-corrected chi connectivity index (χ4v) is 2.74. The molecule has 0 atom stereocenters. The summed E-state index contributed by atoms with van der Waals surface area (Å²) in [5.74, 6) is 1.85. The molecule has 0 unspecified atom stereocenters. The molecule has 3 rings (SSSR count). The largest absolute Gasteiger partial charge is 0.431 e. The van der Waals surface area contributed by atoms with Gasteiger partial charge in [0.1, 0.15) is 18.0 Å². The third-order valence-corrected chi connectivity index (χ3v) is 3.91. The van der Waals surface area contributed by atoms with Crippen molar-refractivity contribution in [3.8, 4) is 11.3 Å². The van der Waals surface area contributed by atoms with E-state index in [1.165, 1.54) is 23.9 Å². The summed E-state index contributed by atoms with van der Waals surface area (Å²) < 4.78 is 20.5. The van der Waals surface area contributed by atoms with Crippen LogP contribution in [0.15, 0.2) is 46.4 Å². The quantitative estimate of drug-likeness (QED) is 0.667. The molecule has 2 aromatic heterocycles. The lowest BCUT2D eigenvalue weighted by Gasteiger charge is -2.07. The summed E-state index contributed by atoms with van der Waals surface area (Å²) in [6, 6.07) is 6.39. The fourth-order valence-electron chi connectivity index (χ4n) is 2.01. The van der Waals surface area contributed by atoms with E-state index in [1.54, 1.807) is 24.7 Å². The summed E-state index contributed by atoms with van der Waals surface area (Å²) in [6.07, 6.45) is 3.19. The lowest BCUT2D eigenvalue weighted by molar-refractivity contribution is 0.465. The number of nitrogens with zero attached hydrogens (tertiary/aromatic N) is 4. The summed E-state index contributed by atoms with van der Waals surface area (Å²) in [4.78, 5) is 8.48. The van der Waals surface area contributed by atoms with Gasteiger partial charge in [0.15, 0.2) is 5.76 Å². The molecule has 0 bridgehead atoms. The highest BCUT2D eigenvalue weighted by Crippen LogP contribution is 2.27. The second-order valence-electron chi connectivity index (χ2n) is 5.00. The minimum Gasteiger partial charge on any atom is -0.431 e. The zero-order valence-corrected chi connectivity index (χ0v) is 13.0. The van der Waals surface area contributed by atoms with Gasteiger partial charge in [-0.15, -0.1) is 0 Å². The molecule has 0 radical (unpaired) electrons. The Kier molecular flexibility index (Phi) is 4.24. The van der Waals surface area contributed by atoms with Crippen LogP contribution in [-0.2, 0) is 5.75 Å².